The molecule has 0 atom stereocenters. The van der Waals surface area contributed by atoms with Crippen LogP contribution in [0, 0.1) is 10.1 Å². The number of nitro groups is 1. The summed E-state index contributed by atoms with van der Waals surface area (Å²) in [6, 6.07) is 12.1. The van der Waals surface area contributed by atoms with Crippen LogP contribution in [0.5, 0.6) is 11.5 Å². The lowest BCUT2D eigenvalue weighted by atomic mass is 9.96. The van der Waals surface area contributed by atoms with Gasteiger partial charge in [-0.3, -0.25) is 10.1 Å². The van der Waals surface area contributed by atoms with Gasteiger partial charge in [-0.1, -0.05) is 37.5 Å². The van der Waals surface area contributed by atoms with E-state index < -0.39 is 4.92 Å². The second-order valence-corrected chi connectivity index (χ2v) is 7.99. The predicted octanol–water partition coefficient (Wildman–Crippen LogP) is 4.43. The molecule has 0 spiro atoms. The van der Waals surface area contributed by atoms with Gasteiger partial charge < -0.3 is 20.5 Å². The fourth-order valence-electron chi connectivity index (χ4n) is 3.76. The van der Waals surface area contributed by atoms with Crippen LogP contribution < -0.4 is 20.8 Å². The van der Waals surface area contributed by atoms with E-state index >= 15 is 0 Å². The minimum absolute atomic E-state index is 0.0332. The van der Waals surface area contributed by atoms with Gasteiger partial charge in [0.25, 0.3) is 5.69 Å². The standard InChI is InChI=1S/C23H26N8O4/c1-35-19-13-18(31(33)34)12-15(20(19)32)14-24-30-23-28-21(25-16-8-4-2-5-9-16)27-22(29-23)26-17-10-6-3-7-11-17/h2,4-5,8-9,12-14,17,32H,3,6-7,10-11H2,1H3,(H3,25,26,27,28,29,30). The molecule has 3 aromatic rings. The first-order valence-electron chi connectivity index (χ1n) is 11.2. The fraction of sp³-hybridized carbons (Fsp3) is 0.304. The van der Waals surface area contributed by atoms with Crippen molar-refractivity contribution in [3.8, 4) is 11.5 Å². The third-order valence-electron chi connectivity index (χ3n) is 5.49. The number of rotatable bonds is 9. The van der Waals surface area contributed by atoms with Gasteiger partial charge >= 0.3 is 0 Å². The Morgan fingerprint density at radius 2 is 1.80 bits per heavy atom. The minimum atomic E-state index is -0.580. The Kier molecular flexibility index (Phi) is 7.50. The monoisotopic (exact) mass is 478 g/mol. The van der Waals surface area contributed by atoms with Crippen molar-refractivity contribution in [1.29, 1.82) is 0 Å². The molecule has 2 aromatic carbocycles. The first-order chi connectivity index (χ1) is 17.0. The number of para-hydroxylation sites is 1. The summed E-state index contributed by atoms with van der Waals surface area (Å²) >= 11 is 0. The number of nitrogens with one attached hydrogen (secondary N) is 3. The Morgan fingerprint density at radius 3 is 2.51 bits per heavy atom. The zero-order valence-electron chi connectivity index (χ0n) is 19.1. The highest BCUT2D eigenvalue weighted by Crippen LogP contribution is 2.33. The number of nitrogens with zero attached hydrogens (tertiary/aromatic N) is 5. The molecule has 12 heteroatoms. The van der Waals surface area contributed by atoms with Crippen molar-refractivity contribution in [1.82, 2.24) is 15.0 Å². The molecule has 182 valence electrons. The van der Waals surface area contributed by atoms with Crippen LogP contribution in [-0.2, 0) is 0 Å². The summed E-state index contributed by atoms with van der Waals surface area (Å²) in [4.78, 5) is 23.9. The Morgan fingerprint density at radius 1 is 1.09 bits per heavy atom. The first kappa shape index (κ1) is 23.7. The Hall–Kier alpha value is -4.48. The van der Waals surface area contributed by atoms with Crippen molar-refractivity contribution in [3.63, 3.8) is 0 Å². The molecule has 4 N–H and O–H groups in total. The molecule has 1 aromatic heterocycles. The van der Waals surface area contributed by atoms with Gasteiger partial charge in [0.2, 0.25) is 17.8 Å². The highest BCUT2D eigenvalue weighted by molar-refractivity contribution is 5.86. The van der Waals surface area contributed by atoms with Gasteiger partial charge in [0.15, 0.2) is 11.5 Å². The van der Waals surface area contributed by atoms with Crippen LogP contribution in [0.3, 0.4) is 0 Å². The smallest absolute Gasteiger partial charge is 0.274 e. The number of phenols is 1. The number of benzene rings is 2. The maximum absolute atomic E-state index is 11.2. The molecule has 0 amide bonds. The van der Waals surface area contributed by atoms with Crippen LogP contribution in [-0.4, -0.2) is 44.3 Å². The number of aromatic hydroxyl groups is 1. The zero-order chi connectivity index (χ0) is 24.6. The lowest BCUT2D eigenvalue weighted by Crippen LogP contribution is -2.24. The van der Waals surface area contributed by atoms with Crippen molar-refractivity contribution >= 4 is 35.4 Å². The Balaban J connectivity index is 1.57. The number of phenolic OH excluding ortho intramolecular Hbond substituents is 1. The molecule has 1 saturated carbocycles. The van der Waals surface area contributed by atoms with Crippen LogP contribution >= 0.6 is 0 Å². The normalized spacial score (nSPS) is 14.0. The third-order valence-corrected chi connectivity index (χ3v) is 5.49. The molecule has 1 heterocycles. The van der Waals surface area contributed by atoms with Crippen molar-refractivity contribution in [2.45, 2.75) is 38.1 Å². The van der Waals surface area contributed by atoms with Crippen molar-refractivity contribution in [3.05, 3.63) is 58.1 Å². The number of non-ortho nitro benzene ring substituents is 1. The molecule has 0 aliphatic heterocycles. The number of aromatic nitrogens is 3. The van der Waals surface area contributed by atoms with Gasteiger partial charge in [0.05, 0.1) is 24.3 Å². The van der Waals surface area contributed by atoms with Crippen molar-refractivity contribution in [2.75, 3.05) is 23.2 Å². The fourth-order valence-corrected chi connectivity index (χ4v) is 3.76. The molecule has 0 saturated heterocycles. The van der Waals surface area contributed by atoms with Gasteiger partial charge in [-0.15, -0.1) is 0 Å². The molecule has 35 heavy (non-hydrogen) atoms. The van der Waals surface area contributed by atoms with E-state index in [-0.39, 0.29) is 34.7 Å². The average molecular weight is 479 g/mol. The van der Waals surface area contributed by atoms with Crippen LogP contribution in [0.2, 0.25) is 0 Å². The number of hydrogen-bond acceptors (Lipinski definition) is 11. The summed E-state index contributed by atoms with van der Waals surface area (Å²) in [7, 11) is 1.31. The molecular formula is C23H26N8O4. The maximum Gasteiger partial charge on any atom is 0.274 e. The average Bonchev–Trinajstić information content (AvgIpc) is 2.86. The minimum Gasteiger partial charge on any atom is -0.504 e. The van der Waals surface area contributed by atoms with E-state index in [4.69, 9.17) is 4.74 Å². The van der Waals surface area contributed by atoms with Gasteiger partial charge in [0, 0.05) is 23.4 Å². The van der Waals surface area contributed by atoms with Crippen LogP contribution in [0.25, 0.3) is 0 Å². The number of nitro benzene ring substituents is 1. The van der Waals surface area contributed by atoms with Crippen LogP contribution in [0.4, 0.5) is 29.2 Å². The van der Waals surface area contributed by atoms with E-state index in [1.807, 2.05) is 30.3 Å². The Bertz CT molecular complexity index is 1200. The van der Waals surface area contributed by atoms with Gasteiger partial charge in [-0.05, 0) is 25.0 Å². The molecular weight excluding hydrogens is 452 g/mol. The van der Waals surface area contributed by atoms with E-state index in [1.165, 1.54) is 25.8 Å². The zero-order valence-corrected chi connectivity index (χ0v) is 19.1. The number of hydrogen-bond donors (Lipinski definition) is 4. The largest absolute Gasteiger partial charge is 0.504 e. The molecule has 1 fully saturated rings. The molecule has 0 radical (unpaired) electrons. The van der Waals surface area contributed by atoms with Gasteiger partial charge in [0.1, 0.15) is 0 Å². The van der Waals surface area contributed by atoms with E-state index in [0.717, 1.165) is 37.4 Å². The summed E-state index contributed by atoms with van der Waals surface area (Å²) in [5, 5.41) is 32.1. The van der Waals surface area contributed by atoms with Gasteiger partial charge in [-0.25, -0.2) is 5.43 Å². The SMILES string of the molecule is COc1cc([N+](=O)[O-])cc(C=NNc2nc(Nc3ccccc3)nc(NC3CCCCC3)n2)c1O. The first-order valence-corrected chi connectivity index (χ1v) is 11.2. The summed E-state index contributed by atoms with van der Waals surface area (Å²) in [5.41, 5.74) is 3.38. The van der Waals surface area contributed by atoms with E-state index in [2.05, 4.69) is 36.1 Å². The van der Waals surface area contributed by atoms with Crippen molar-refractivity contribution in [2.24, 2.45) is 5.10 Å². The van der Waals surface area contributed by atoms with Crippen LogP contribution in [0.1, 0.15) is 37.7 Å². The molecule has 0 unspecified atom stereocenters. The predicted molar refractivity (Wildman–Crippen MR) is 133 cm³/mol. The molecule has 1 aliphatic rings. The van der Waals surface area contributed by atoms with E-state index in [9.17, 15) is 15.2 Å². The molecule has 4 rings (SSSR count). The lowest BCUT2D eigenvalue weighted by molar-refractivity contribution is -0.385. The van der Waals surface area contributed by atoms with E-state index in [0.29, 0.717) is 11.9 Å². The second kappa shape index (κ2) is 11.1. The summed E-state index contributed by atoms with van der Waals surface area (Å²) in [6.45, 7) is 0. The Labute approximate surface area is 201 Å². The second-order valence-electron chi connectivity index (χ2n) is 7.99. The number of anilines is 4. The highest BCUT2D eigenvalue weighted by Gasteiger charge is 2.17. The molecule has 12 nitrogen and oxygen atoms in total. The number of ether oxygens (including phenoxy) is 1. The molecule has 1 aliphatic carbocycles. The summed E-state index contributed by atoms with van der Waals surface area (Å²) in [5.74, 6) is 0.578. The topological polar surface area (TPSA) is 160 Å². The molecule has 0 bridgehead atoms. The quantitative estimate of drug-likeness (QED) is 0.197. The lowest BCUT2D eigenvalue weighted by Gasteiger charge is -2.22. The number of methoxy groups -OCH3 is 1. The highest BCUT2D eigenvalue weighted by atomic mass is 16.6. The summed E-state index contributed by atoms with van der Waals surface area (Å²) in [6.07, 6.45) is 6.86. The number of hydrazone groups is 1. The van der Waals surface area contributed by atoms with Crippen LogP contribution in [0.15, 0.2) is 47.6 Å². The van der Waals surface area contributed by atoms with Crippen molar-refractivity contribution < 1.29 is 14.8 Å². The third kappa shape index (κ3) is 6.31. The van der Waals surface area contributed by atoms with E-state index in [1.54, 1.807) is 0 Å². The summed E-state index contributed by atoms with van der Waals surface area (Å²) < 4.78 is 5.02. The van der Waals surface area contributed by atoms with Gasteiger partial charge in [-0.2, -0.15) is 20.1 Å². The maximum atomic E-state index is 11.2.